The first kappa shape index (κ1) is 18.3. The van der Waals surface area contributed by atoms with Crippen molar-refractivity contribution < 1.29 is 19.1 Å². The highest BCUT2D eigenvalue weighted by Crippen LogP contribution is 2.26. The number of hydrogen-bond donors (Lipinski definition) is 3. The second-order valence-corrected chi connectivity index (χ2v) is 5.45. The molecule has 0 unspecified atom stereocenters. The van der Waals surface area contributed by atoms with Gasteiger partial charge in [-0.05, 0) is 55.8 Å². The van der Waals surface area contributed by atoms with E-state index in [-0.39, 0.29) is 5.91 Å². The number of aryl methyl sites for hydroxylation is 1. The van der Waals surface area contributed by atoms with Gasteiger partial charge in [0.1, 0.15) is 11.5 Å². The van der Waals surface area contributed by atoms with Gasteiger partial charge in [0, 0.05) is 5.56 Å². The Bertz CT molecular complexity index is 759. The molecule has 7 heteroatoms. The molecule has 0 aromatic heterocycles. The number of carbonyl (C=O) groups is 2. The number of hydrogen-bond acceptors (Lipinski definition) is 5. The Morgan fingerprint density at radius 1 is 1.12 bits per heavy atom. The Kier molecular flexibility index (Phi) is 5.97. The normalized spacial score (nSPS) is 11.4. The van der Waals surface area contributed by atoms with Crippen LogP contribution in [0.15, 0.2) is 42.5 Å². The lowest BCUT2D eigenvalue weighted by atomic mass is 10.1. The summed E-state index contributed by atoms with van der Waals surface area (Å²) in [6.07, 6.45) is -0.735. The summed E-state index contributed by atoms with van der Waals surface area (Å²) in [4.78, 5) is 23.7. The van der Waals surface area contributed by atoms with E-state index in [2.05, 4.69) is 5.32 Å². The third-order valence-electron chi connectivity index (χ3n) is 3.54. The number of methoxy groups -OCH3 is 1. The molecule has 7 nitrogen and oxygen atoms in total. The summed E-state index contributed by atoms with van der Waals surface area (Å²) in [6.45, 7) is 3.51. The molecule has 0 saturated carbocycles. The van der Waals surface area contributed by atoms with Crippen molar-refractivity contribution in [2.75, 3.05) is 12.4 Å². The van der Waals surface area contributed by atoms with Crippen molar-refractivity contribution in [3.63, 3.8) is 0 Å². The van der Waals surface area contributed by atoms with Crippen LogP contribution in [0.25, 0.3) is 0 Å². The van der Waals surface area contributed by atoms with Crippen molar-refractivity contribution in [3.05, 3.63) is 53.6 Å². The predicted octanol–water partition coefficient (Wildman–Crippen LogP) is 2.01. The van der Waals surface area contributed by atoms with E-state index in [1.807, 2.05) is 24.5 Å². The number of nitrogens with one attached hydrogen (secondary N) is 2. The Balaban J connectivity index is 2.08. The molecule has 2 aromatic rings. The molecule has 2 rings (SSSR count). The van der Waals surface area contributed by atoms with E-state index in [4.69, 9.17) is 15.3 Å². The molecule has 0 fully saturated rings. The van der Waals surface area contributed by atoms with Crippen LogP contribution in [0.1, 0.15) is 22.8 Å². The average Bonchev–Trinajstić information content (AvgIpc) is 2.61. The third-order valence-corrected chi connectivity index (χ3v) is 3.54. The minimum absolute atomic E-state index is 0.275. The lowest BCUT2D eigenvalue weighted by Crippen LogP contribution is -2.40. The van der Waals surface area contributed by atoms with Gasteiger partial charge in [-0.1, -0.05) is 6.07 Å². The number of anilines is 1. The van der Waals surface area contributed by atoms with E-state index in [1.165, 1.54) is 0 Å². The lowest BCUT2D eigenvalue weighted by Gasteiger charge is -2.14. The van der Waals surface area contributed by atoms with E-state index in [0.29, 0.717) is 22.7 Å². The summed E-state index contributed by atoms with van der Waals surface area (Å²) in [5.74, 6) is 5.39. The van der Waals surface area contributed by atoms with E-state index in [9.17, 15) is 9.59 Å². The largest absolute Gasteiger partial charge is 0.495 e. The molecule has 25 heavy (non-hydrogen) atoms. The molecule has 2 amide bonds. The molecule has 0 spiro atoms. The van der Waals surface area contributed by atoms with Gasteiger partial charge in [0.2, 0.25) is 0 Å². The van der Waals surface area contributed by atoms with Crippen molar-refractivity contribution in [2.45, 2.75) is 20.0 Å². The Morgan fingerprint density at radius 2 is 1.80 bits per heavy atom. The molecule has 0 saturated heterocycles. The molecule has 1 atom stereocenters. The number of nitrogens with two attached hydrogens (primary N) is 1. The van der Waals surface area contributed by atoms with E-state index in [1.54, 1.807) is 44.4 Å². The molecule has 2 aromatic carbocycles. The number of ether oxygens (including phenoxy) is 2. The van der Waals surface area contributed by atoms with Gasteiger partial charge in [0.15, 0.2) is 6.10 Å². The molecular weight excluding hydrogens is 322 g/mol. The SMILES string of the molecule is COc1ccc(C)cc1NC(=O)c1ccc(O[C@H](C)C(=O)NN)cc1. The molecule has 0 aliphatic heterocycles. The second-order valence-electron chi connectivity index (χ2n) is 5.45. The highest BCUT2D eigenvalue weighted by Gasteiger charge is 2.14. The quantitative estimate of drug-likeness (QED) is 0.423. The molecular formula is C18H21N3O4. The van der Waals surface area contributed by atoms with Crippen LogP contribution in [0.5, 0.6) is 11.5 Å². The van der Waals surface area contributed by atoms with Crippen molar-refractivity contribution in [1.82, 2.24) is 5.43 Å². The first-order valence-corrected chi connectivity index (χ1v) is 7.67. The van der Waals surface area contributed by atoms with Crippen LogP contribution < -0.4 is 26.1 Å². The zero-order valence-corrected chi connectivity index (χ0v) is 14.3. The van der Waals surface area contributed by atoms with Crippen LogP contribution in [-0.4, -0.2) is 25.0 Å². The van der Waals surface area contributed by atoms with Gasteiger partial charge in [0.25, 0.3) is 11.8 Å². The van der Waals surface area contributed by atoms with Crippen LogP contribution in [0.2, 0.25) is 0 Å². The molecule has 0 radical (unpaired) electrons. The van der Waals surface area contributed by atoms with Gasteiger partial charge < -0.3 is 14.8 Å². The topological polar surface area (TPSA) is 103 Å². The van der Waals surface area contributed by atoms with Crippen LogP contribution in [0.4, 0.5) is 5.69 Å². The average molecular weight is 343 g/mol. The fourth-order valence-corrected chi connectivity index (χ4v) is 2.17. The second kappa shape index (κ2) is 8.16. The van der Waals surface area contributed by atoms with Crippen molar-refractivity contribution in [1.29, 1.82) is 0 Å². The number of benzene rings is 2. The Morgan fingerprint density at radius 3 is 2.40 bits per heavy atom. The van der Waals surface area contributed by atoms with Gasteiger partial charge in [-0.25, -0.2) is 5.84 Å². The third kappa shape index (κ3) is 4.71. The first-order valence-electron chi connectivity index (χ1n) is 7.67. The molecule has 0 aliphatic rings. The molecule has 132 valence electrons. The zero-order chi connectivity index (χ0) is 18.4. The van der Waals surface area contributed by atoms with E-state index < -0.39 is 12.0 Å². The standard InChI is InChI=1S/C18H21N3O4/c1-11-4-9-16(24-3)15(10-11)20-18(23)13-5-7-14(8-6-13)25-12(2)17(22)21-19/h4-10,12H,19H2,1-3H3,(H,20,23)(H,21,22)/t12-/m1/s1. The number of hydrazine groups is 1. The summed E-state index contributed by atoms with van der Waals surface area (Å²) in [7, 11) is 1.55. The molecule has 0 bridgehead atoms. The maximum atomic E-state index is 12.4. The maximum Gasteiger partial charge on any atom is 0.274 e. The van der Waals surface area contributed by atoms with Crippen LogP contribution >= 0.6 is 0 Å². The molecule has 0 aliphatic carbocycles. The summed E-state index contributed by atoms with van der Waals surface area (Å²) in [6, 6.07) is 12.0. The minimum Gasteiger partial charge on any atom is -0.495 e. The van der Waals surface area contributed by atoms with E-state index in [0.717, 1.165) is 5.56 Å². The van der Waals surface area contributed by atoms with E-state index >= 15 is 0 Å². The maximum absolute atomic E-state index is 12.4. The summed E-state index contributed by atoms with van der Waals surface area (Å²) < 4.78 is 10.7. The smallest absolute Gasteiger partial charge is 0.274 e. The number of amides is 2. The minimum atomic E-state index is -0.735. The van der Waals surface area contributed by atoms with Gasteiger partial charge in [-0.15, -0.1) is 0 Å². The zero-order valence-electron chi connectivity index (χ0n) is 14.3. The van der Waals surface area contributed by atoms with Crippen LogP contribution in [0.3, 0.4) is 0 Å². The molecule has 0 heterocycles. The summed E-state index contributed by atoms with van der Waals surface area (Å²) in [5, 5.41) is 2.82. The highest BCUT2D eigenvalue weighted by atomic mass is 16.5. The van der Waals surface area contributed by atoms with Gasteiger partial charge >= 0.3 is 0 Å². The summed E-state index contributed by atoms with van der Waals surface area (Å²) in [5.41, 5.74) is 4.07. The Labute approximate surface area is 146 Å². The lowest BCUT2D eigenvalue weighted by molar-refractivity contribution is -0.127. The fourth-order valence-electron chi connectivity index (χ4n) is 2.17. The number of rotatable bonds is 6. The van der Waals surface area contributed by atoms with Crippen LogP contribution in [-0.2, 0) is 4.79 Å². The van der Waals surface area contributed by atoms with Crippen molar-refractivity contribution in [3.8, 4) is 11.5 Å². The predicted molar refractivity (Wildman–Crippen MR) is 94.5 cm³/mol. The van der Waals surface area contributed by atoms with Crippen molar-refractivity contribution >= 4 is 17.5 Å². The first-order chi connectivity index (χ1) is 11.9. The Hall–Kier alpha value is -3.06. The van der Waals surface area contributed by atoms with Gasteiger partial charge in [-0.3, -0.25) is 15.0 Å². The molecule has 4 N–H and O–H groups in total. The van der Waals surface area contributed by atoms with Gasteiger partial charge in [-0.2, -0.15) is 0 Å². The van der Waals surface area contributed by atoms with Gasteiger partial charge in [0.05, 0.1) is 12.8 Å². The summed E-state index contributed by atoms with van der Waals surface area (Å²) >= 11 is 0. The monoisotopic (exact) mass is 343 g/mol. The fraction of sp³-hybridized carbons (Fsp3) is 0.222. The van der Waals surface area contributed by atoms with Crippen LogP contribution in [0, 0.1) is 6.92 Å². The van der Waals surface area contributed by atoms with Crippen molar-refractivity contribution in [2.24, 2.45) is 5.84 Å². The number of carbonyl (C=O) groups excluding carboxylic acids is 2. The highest BCUT2D eigenvalue weighted by molar-refractivity contribution is 6.05.